The van der Waals surface area contributed by atoms with E-state index in [9.17, 15) is 19.5 Å². The van der Waals surface area contributed by atoms with Gasteiger partial charge in [-0.15, -0.1) is 0 Å². The maximum Gasteiger partial charge on any atom is 0.335 e. The number of hydrogen-bond donors (Lipinski definition) is 2. The van der Waals surface area contributed by atoms with Crippen LogP contribution in [-0.2, 0) is 11.3 Å². The zero-order valence-electron chi connectivity index (χ0n) is 18.5. The molecule has 0 radical (unpaired) electrons. The number of aromatic amines is 1. The van der Waals surface area contributed by atoms with Crippen LogP contribution in [-0.4, -0.2) is 30.2 Å². The smallest absolute Gasteiger partial charge is 0.335 e. The number of carbonyl (C=O) groups is 1. The lowest BCUT2D eigenvalue weighted by Crippen LogP contribution is -2.52. The highest BCUT2D eigenvalue weighted by Gasteiger charge is 2.25. The third kappa shape index (κ3) is 4.69. The zero-order chi connectivity index (χ0) is 24.4. The molecular weight excluding hydrogens is 458 g/mol. The van der Waals surface area contributed by atoms with Gasteiger partial charge in [0, 0.05) is 16.6 Å². The molecule has 2 atom stereocenters. The lowest BCUT2D eigenvalue weighted by Gasteiger charge is -2.19. The molecule has 0 bridgehead atoms. The van der Waals surface area contributed by atoms with Crippen molar-refractivity contribution < 1.29 is 9.90 Å². The Morgan fingerprint density at radius 3 is 2.59 bits per heavy atom. The summed E-state index contributed by atoms with van der Waals surface area (Å²) in [7, 11) is 0. The number of H-pyrrole nitrogens is 1. The summed E-state index contributed by atoms with van der Waals surface area (Å²) in [6.07, 6.45) is 1.67. The second-order valence-electron chi connectivity index (χ2n) is 7.98. The number of carboxylic acid groups (broad SMARTS) is 1. The number of nitrogens with one attached hydrogen (secondary N) is 1. The Bertz CT molecular complexity index is 1550. The SMILES string of the molecule is C[C@@H](C(=O)O)[C@H](C)n1c(=O)[nH]/c(=N\c2ccc3cccnc3c2)n(Cc2ccc(Cl)cc2)c1=O. The van der Waals surface area contributed by atoms with Crippen LogP contribution in [0.3, 0.4) is 0 Å². The van der Waals surface area contributed by atoms with Crippen molar-refractivity contribution in [3.05, 3.63) is 98.0 Å². The molecule has 0 saturated carbocycles. The number of nitrogens with zero attached hydrogens (tertiary/aromatic N) is 4. The van der Waals surface area contributed by atoms with Crippen LogP contribution in [0.15, 0.2) is 75.4 Å². The Morgan fingerprint density at radius 2 is 1.88 bits per heavy atom. The van der Waals surface area contributed by atoms with Crippen LogP contribution in [0.25, 0.3) is 10.9 Å². The molecule has 10 heteroatoms. The van der Waals surface area contributed by atoms with Gasteiger partial charge in [-0.3, -0.25) is 19.3 Å². The summed E-state index contributed by atoms with van der Waals surface area (Å²) >= 11 is 5.98. The van der Waals surface area contributed by atoms with Gasteiger partial charge in [-0.1, -0.05) is 35.9 Å². The third-order valence-electron chi connectivity index (χ3n) is 5.73. The molecule has 34 heavy (non-hydrogen) atoms. The summed E-state index contributed by atoms with van der Waals surface area (Å²) < 4.78 is 2.22. The Hall–Kier alpha value is -3.98. The summed E-state index contributed by atoms with van der Waals surface area (Å²) in [6, 6.07) is 15.1. The third-order valence-corrected chi connectivity index (χ3v) is 5.98. The van der Waals surface area contributed by atoms with Crippen molar-refractivity contribution in [1.82, 2.24) is 19.1 Å². The monoisotopic (exact) mass is 479 g/mol. The fraction of sp³-hybridized carbons (Fsp3) is 0.208. The summed E-state index contributed by atoms with van der Waals surface area (Å²) in [5.74, 6) is -2.07. The molecule has 0 aliphatic heterocycles. The number of rotatable bonds is 6. The lowest BCUT2D eigenvalue weighted by molar-refractivity contribution is -0.142. The second-order valence-corrected chi connectivity index (χ2v) is 8.42. The molecule has 4 rings (SSSR count). The Balaban J connectivity index is 1.93. The molecule has 0 aliphatic carbocycles. The highest BCUT2D eigenvalue weighted by molar-refractivity contribution is 6.30. The minimum atomic E-state index is -1.11. The van der Waals surface area contributed by atoms with E-state index in [-0.39, 0.29) is 12.2 Å². The summed E-state index contributed by atoms with van der Waals surface area (Å²) in [6.45, 7) is 3.06. The van der Waals surface area contributed by atoms with Crippen LogP contribution < -0.4 is 17.0 Å². The Morgan fingerprint density at radius 1 is 1.15 bits per heavy atom. The van der Waals surface area contributed by atoms with Crippen LogP contribution in [0, 0.1) is 5.92 Å². The quantitative estimate of drug-likeness (QED) is 0.440. The van der Waals surface area contributed by atoms with Crippen LogP contribution in [0.2, 0.25) is 5.02 Å². The first-order valence-electron chi connectivity index (χ1n) is 10.6. The van der Waals surface area contributed by atoms with Gasteiger partial charge >= 0.3 is 17.3 Å². The van der Waals surface area contributed by atoms with Crippen molar-refractivity contribution in [2.24, 2.45) is 10.9 Å². The molecule has 0 spiro atoms. The van der Waals surface area contributed by atoms with E-state index in [1.165, 1.54) is 18.4 Å². The maximum atomic E-state index is 13.5. The number of aliphatic carboxylic acids is 1. The van der Waals surface area contributed by atoms with Gasteiger partial charge in [-0.05, 0) is 49.7 Å². The molecule has 0 saturated heterocycles. The molecular formula is C24H22ClN5O4. The van der Waals surface area contributed by atoms with Crippen molar-refractivity contribution in [1.29, 1.82) is 0 Å². The van der Waals surface area contributed by atoms with Crippen molar-refractivity contribution in [2.75, 3.05) is 0 Å². The second kappa shape index (κ2) is 9.48. The molecule has 0 amide bonds. The number of carboxylic acids is 1. The highest BCUT2D eigenvalue weighted by atomic mass is 35.5. The van der Waals surface area contributed by atoms with Gasteiger partial charge in [0.25, 0.3) is 0 Å². The van der Waals surface area contributed by atoms with Crippen molar-refractivity contribution in [2.45, 2.75) is 26.4 Å². The van der Waals surface area contributed by atoms with Gasteiger partial charge in [0.05, 0.1) is 29.7 Å². The minimum Gasteiger partial charge on any atom is -0.481 e. The van der Waals surface area contributed by atoms with Crippen molar-refractivity contribution in [3.8, 4) is 0 Å². The van der Waals surface area contributed by atoms with E-state index < -0.39 is 29.3 Å². The van der Waals surface area contributed by atoms with Gasteiger partial charge in [0.2, 0.25) is 5.62 Å². The maximum absolute atomic E-state index is 13.5. The van der Waals surface area contributed by atoms with Crippen LogP contribution in [0.1, 0.15) is 25.5 Å². The predicted octanol–water partition coefficient (Wildman–Crippen LogP) is 3.10. The molecule has 0 unspecified atom stereocenters. The Kier molecular flexibility index (Phi) is 6.47. The van der Waals surface area contributed by atoms with Gasteiger partial charge < -0.3 is 5.11 Å². The minimum absolute atomic E-state index is 0.0339. The molecule has 0 aliphatic rings. The van der Waals surface area contributed by atoms with Gasteiger partial charge in [-0.25, -0.2) is 19.1 Å². The van der Waals surface area contributed by atoms with Gasteiger partial charge in [0.1, 0.15) is 0 Å². The molecule has 2 aromatic heterocycles. The number of benzene rings is 2. The zero-order valence-corrected chi connectivity index (χ0v) is 19.2. The van der Waals surface area contributed by atoms with E-state index in [0.29, 0.717) is 16.2 Å². The van der Waals surface area contributed by atoms with E-state index in [1.807, 2.05) is 18.2 Å². The number of fused-ring (bicyclic) bond motifs is 1. The standard InChI is InChI=1S/C24H22ClN5O4/c1-14(21(31)32)15(2)30-23(33)28-22(27-19-10-7-17-4-3-11-26-20(17)12-19)29(24(30)34)13-16-5-8-18(25)9-6-16/h3-12,14-15H,13H2,1-2H3,(H,31,32)(H,27,28,33)/t14-,15+/m1/s1. The number of halogens is 1. The van der Waals surface area contributed by atoms with Crippen LogP contribution >= 0.6 is 11.6 Å². The van der Waals surface area contributed by atoms with Crippen molar-refractivity contribution >= 4 is 34.2 Å². The lowest BCUT2D eigenvalue weighted by atomic mass is 10.0. The molecule has 2 aromatic carbocycles. The normalized spacial score (nSPS) is 13.7. The number of aromatic nitrogens is 4. The Labute approximate surface area is 198 Å². The average Bonchev–Trinajstić information content (AvgIpc) is 2.82. The summed E-state index contributed by atoms with van der Waals surface area (Å²) in [4.78, 5) is 49.3. The fourth-order valence-corrected chi connectivity index (χ4v) is 3.70. The van der Waals surface area contributed by atoms with E-state index in [0.717, 1.165) is 15.5 Å². The molecule has 2 heterocycles. The fourth-order valence-electron chi connectivity index (χ4n) is 3.57. The van der Waals surface area contributed by atoms with E-state index in [4.69, 9.17) is 11.6 Å². The first-order valence-corrected chi connectivity index (χ1v) is 10.9. The molecule has 4 aromatic rings. The number of pyridine rings is 1. The van der Waals surface area contributed by atoms with Gasteiger partial charge in [-0.2, -0.15) is 0 Å². The largest absolute Gasteiger partial charge is 0.481 e. The number of hydrogen-bond acceptors (Lipinski definition) is 5. The molecule has 2 N–H and O–H groups in total. The van der Waals surface area contributed by atoms with Crippen LogP contribution in [0.5, 0.6) is 0 Å². The summed E-state index contributed by atoms with van der Waals surface area (Å²) in [5.41, 5.74) is 0.586. The van der Waals surface area contributed by atoms with E-state index >= 15 is 0 Å². The summed E-state index contributed by atoms with van der Waals surface area (Å²) in [5, 5.41) is 10.9. The van der Waals surface area contributed by atoms with Crippen LogP contribution in [0.4, 0.5) is 5.69 Å². The highest BCUT2D eigenvalue weighted by Crippen LogP contribution is 2.19. The predicted molar refractivity (Wildman–Crippen MR) is 128 cm³/mol. The first-order chi connectivity index (χ1) is 16.2. The van der Waals surface area contributed by atoms with Gasteiger partial charge in [0.15, 0.2) is 0 Å². The van der Waals surface area contributed by atoms with E-state index in [2.05, 4.69) is 15.0 Å². The first kappa shape index (κ1) is 23.2. The van der Waals surface area contributed by atoms with E-state index in [1.54, 1.807) is 42.6 Å². The molecule has 9 nitrogen and oxygen atoms in total. The van der Waals surface area contributed by atoms with Crippen molar-refractivity contribution in [3.63, 3.8) is 0 Å². The average molecular weight is 480 g/mol. The molecule has 174 valence electrons. The molecule has 0 fully saturated rings. The topological polar surface area (TPSA) is 122 Å².